The molecule has 0 aromatic heterocycles. The van der Waals surface area contributed by atoms with E-state index >= 15 is 0 Å². The van der Waals surface area contributed by atoms with Crippen molar-refractivity contribution in [2.75, 3.05) is 13.2 Å². The molecule has 63 heavy (non-hydrogen) atoms. The van der Waals surface area contributed by atoms with Crippen LogP contribution < -0.4 is 5.32 Å². The fraction of sp³-hybridized carbons (Fsp3) is 0.596. The van der Waals surface area contributed by atoms with Gasteiger partial charge in [-0.15, -0.1) is 0 Å². The zero-order chi connectivity index (χ0) is 45.0. The van der Waals surface area contributed by atoms with Gasteiger partial charge in [0.1, 0.15) is 17.8 Å². The minimum Gasteiger partial charge on any atom is -0.455 e. The highest BCUT2D eigenvalue weighted by atomic mass is 16.7. The zero-order valence-corrected chi connectivity index (χ0v) is 38.5. The highest BCUT2D eigenvalue weighted by Crippen LogP contribution is 2.40. The molecule has 2 saturated heterocycles. The Morgan fingerprint density at radius 3 is 1.76 bits per heavy atom. The van der Waals surface area contributed by atoms with E-state index in [1.54, 1.807) is 69.3 Å². The number of benzene rings is 3. The normalized spacial score (nSPS) is 22.5. The second-order valence-electron chi connectivity index (χ2n) is 18.2. The van der Waals surface area contributed by atoms with Crippen molar-refractivity contribution in [1.82, 2.24) is 5.32 Å². The van der Waals surface area contributed by atoms with Gasteiger partial charge < -0.3 is 38.5 Å². The summed E-state index contributed by atoms with van der Waals surface area (Å²) < 4.78 is 44.2. The van der Waals surface area contributed by atoms with Crippen LogP contribution in [-0.4, -0.2) is 73.6 Å². The van der Waals surface area contributed by atoms with Crippen molar-refractivity contribution in [3.8, 4) is 0 Å². The summed E-state index contributed by atoms with van der Waals surface area (Å²) in [5, 5.41) is 2.96. The molecule has 346 valence electrons. The van der Waals surface area contributed by atoms with Crippen molar-refractivity contribution in [1.29, 1.82) is 0 Å². The molecular weight excluding hydrogens is 799 g/mol. The second kappa shape index (κ2) is 25.9. The Hall–Kier alpha value is -4.29. The highest BCUT2D eigenvalue weighted by Gasteiger charge is 2.47. The minimum atomic E-state index is -1.18. The van der Waals surface area contributed by atoms with Gasteiger partial charge in [-0.2, -0.15) is 0 Å². The number of carbonyl (C=O) groups is 3. The second-order valence-corrected chi connectivity index (χ2v) is 18.2. The van der Waals surface area contributed by atoms with E-state index in [1.165, 1.54) is 51.4 Å². The first-order valence-electron chi connectivity index (χ1n) is 23.5. The largest absolute Gasteiger partial charge is 0.455 e. The Kier molecular flexibility index (Phi) is 20.4. The molecule has 0 radical (unpaired) electrons. The Balaban J connectivity index is 1.36. The van der Waals surface area contributed by atoms with Gasteiger partial charge >= 0.3 is 18.0 Å². The van der Waals surface area contributed by atoms with Gasteiger partial charge in [0.05, 0.1) is 36.5 Å². The number of nitrogens with one attached hydrogen (secondary N) is 1. The van der Waals surface area contributed by atoms with Gasteiger partial charge in [0.2, 0.25) is 0 Å². The molecule has 2 fully saturated rings. The number of hydrogen-bond acceptors (Lipinski definition) is 10. The highest BCUT2D eigenvalue weighted by molar-refractivity contribution is 5.90. The number of fused-ring (bicyclic) bond motifs is 1. The molecule has 1 amide bonds. The fourth-order valence-corrected chi connectivity index (χ4v) is 8.26. The molecule has 5 rings (SSSR count). The van der Waals surface area contributed by atoms with Crippen LogP contribution in [0.3, 0.4) is 0 Å². The molecule has 11 nitrogen and oxygen atoms in total. The van der Waals surface area contributed by atoms with Gasteiger partial charge in [-0.3, -0.25) is 0 Å². The molecule has 3 aromatic carbocycles. The van der Waals surface area contributed by atoms with E-state index in [1.807, 2.05) is 49.4 Å². The standard InChI is InChI=1S/C52H73NO10/c1-7-8-9-10-11-12-13-14-15-16-17-27-34-43(59-47(54)39-28-21-18-22-29-39)46(61-48(55)40-30-23-19-24-31-40)42(53-51(56)63-52(4,5)6)35-57-49-38(3)37(2)45-44(60-49)36-58-50(62-45)41-32-25-20-26-33-41/h18-26,28-33,37-38,42-46,49-50H,7-17,27,34-36H2,1-6H3,(H,53,56)/t37?,38?,42-,43+,44?,45?,46-,49?,50?/m0/s1. The van der Waals surface area contributed by atoms with Gasteiger partial charge in [0, 0.05) is 11.5 Å². The zero-order valence-electron chi connectivity index (χ0n) is 38.5. The van der Waals surface area contributed by atoms with Crippen LogP contribution in [0.5, 0.6) is 0 Å². The van der Waals surface area contributed by atoms with E-state index in [-0.39, 0.29) is 24.5 Å². The van der Waals surface area contributed by atoms with Crippen molar-refractivity contribution in [2.45, 2.75) is 174 Å². The average Bonchev–Trinajstić information content (AvgIpc) is 3.28. The number of esters is 2. The van der Waals surface area contributed by atoms with E-state index in [9.17, 15) is 14.4 Å². The first-order chi connectivity index (χ1) is 30.4. The van der Waals surface area contributed by atoms with Gasteiger partial charge in [-0.05, 0) is 63.8 Å². The quantitative estimate of drug-likeness (QED) is 0.0528. The number of rotatable bonds is 24. The SMILES string of the molecule is CCCCCCCCCCCCCC[C@@H](OC(=O)c1ccccc1)[C@@H](OC(=O)c1ccccc1)[C@H](COC1OC2COC(c3ccccc3)OC2C(C)C1C)NC(=O)OC(C)(C)C. The Labute approximate surface area is 376 Å². The predicted octanol–water partition coefficient (Wildman–Crippen LogP) is 11.5. The van der Waals surface area contributed by atoms with E-state index in [0.29, 0.717) is 30.6 Å². The molecule has 3 aromatic rings. The molecular formula is C52H73NO10. The maximum absolute atomic E-state index is 14.0. The lowest BCUT2D eigenvalue weighted by Crippen LogP contribution is -2.58. The summed E-state index contributed by atoms with van der Waals surface area (Å²) in [6.07, 6.45) is 9.57. The van der Waals surface area contributed by atoms with Crippen LogP contribution in [-0.2, 0) is 33.2 Å². The van der Waals surface area contributed by atoms with Crippen molar-refractivity contribution >= 4 is 18.0 Å². The third-order valence-electron chi connectivity index (χ3n) is 12.0. The summed E-state index contributed by atoms with van der Waals surface area (Å²) in [4.78, 5) is 41.5. The first kappa shape index (κ1) is 49.7. The van der Waals surface area contributed by atoms with Crippen LogP contribution in [0, 0.1) is 11.8 Å². The summed E-state index contributed by atoms with van der Waals surface area (Å²) in [5.74, 6) is -1.32. The molecule has 0 bridgehead atoms. The molecule has 0 aliphatic carbocycles. The van der Waals surface area contributed by atoms with E-state index in [0.717, 1.165) is 24.8 Å². The molecule has 9 atom stereocenters. The molecule has 1 N–H and O–H groups in total. The van der Waals surface area contributed by atoms with E-state index < -0.39 is 60.6 Å². The first-order valence-corrected chi connectivity index (χ1v) is 23.5. The average molecular weight is 872 g/mol. The Bertz CT molecular complexity index is 1770. The lowest BCUT2D eigenvalue weighted by atomic mass is 9.84. The van der Waals surface area contributed by atoms with Crippen LogP contribution in [0.2, 0.25) is 0 Å². The Morgan fingerprint density at radius 1 is 0.683 bits per heavy atom. The number of carbonyl (C=O) groups excluding carboxylic acids is 3. The van der Waals surface area contributed by atoms with Gasteiger partial charge in [-0.1, -0.05) is 158 Å². The smallest absolute Gasteiger partial charge is 0.408 e. The summed E-state index contributed by atoms with van der Waals surface area (Å²) >= 11 is 0. The van der Waals surface area contributed by atoms with Crippen LogP contribution >= 0.6 is 0 Å². The number of hydrogen-bond donors (Lipinski definition) is 1. The van der Waals surface area contributed by atoms with Crippen molar-refractivity contribution in [3.05, 3.63) is 108 Å². The lowest BCUT2D eigenvalue weighted by Gasteiger charge is -2.48. The van der Waals surface area contributed by atoms with Crippen LogP contribution in [0.15, 0.2) is 91.0 Å². The maximum atomic E-state index is 14.0. The predicted molar refractivity (Wildman–Crippen MR) is 243 cm³/mol. The molecule has 2 aliphatic rings. The van der Waals surface area contributed by atoms with Crippen molar-refractivity contribution in [2.24, 2.45) is 11.8 Å². The molecule has 2 aliphatic heterocycles. The summed E-state index contributed by atoms with van der Waals surface area (Å²) in [6.45, 7) is 11.9. The van der Waals surface area contributed by atoms with E-state index in [4.69, 9.17) is 33.2 Å². The van der Waals surface area contributed by atoms with Crippen LogP contribution in [0.25, 0.3) is 0 Å². The van der Waals surface area contributed by atoms with Crippen LogP contribution in [0.4, 0.5) is 4.79 Å². The molecule has 2 heterocycles. The molecule has 6 unspecified atom stereocenters. The van der Waals surface area contributed by atoms with Gasteiger partial charge in [-0.25, -0.2) is 14.4 Å². The Morgan fingerprint density at radius 2 is 1.21 bits per heavy atom. The topological polar surface area (TPSA) is 128 Å². The van der Waals surface area contributed by atoms with Crippen LogP contribution in [0.1, 0.15) is 158 Å². The summed E-state index contributed by atoms with van der Waals surface area (Å²) in [7, 11) is 0. The summed E-state index contributed by atoms with van der Waals surface area (Å²) in [5.41, 5.74) is 0.780. The minimum absolute atomic E-state index is 0.0122. The maximum Gasteiger partial charge on any atom is 0.408 e. The molecule has 0 spiro atoms. The molecule has 0 saturated carbocycles. The number of ether oxygens (including phenoxy) is 7. The van der Waals surface area contributed by atoms with E-state index in [2.05, 4.69) is 19.2 Å². The third-order valence-corrected chi connectivity index (χ3v) is 12.0. The number of alkyl carbamates (subject to hydrolysis) is 1. The number of amides is 1. The fourth-order valence-electron chi connectivity index (χ4n) is 8.26. The monoisotopic (exact) mass is 872 g/mol. The molecule has 11 heteroatoms. The van der Waals surface area contributed by atoms with Crippen molar-refractivity contribution in [3.63, 3.8) is 0 Å². The lowest BCUT2D eigenvalue weighted by molar-refractivity contribution is -0.343. The van der Waals surface area contributed by atoms with Gasteiger partial charge in [0.15, 0.2) is 18.7 Å². The third kappa shape index (κ3) is 16.3. The summed E-state index contributed by atoms with van der Waals surface area (Å²) in [6, 6.07) is 26.2. The van der Waals surface area contributed by atoms with Gasteiger partial charge in [0.25, 0.3) is 0 Å². The van der Waals surface area contributed by atoms with Crippen molar-refractivity contribution < 1.29 is 47.5 Å². The number of unbranched alkanes of at least 4 members (excludes halogenated alkanes) is 11.